The van der Waals surface area contributed by atoms with E-state index in [0.717, 1.165) is 4.57 Å². The van der Waals surface area contributed by atoms with Gasteiger partial charge in [-0.3, -0.25) is 14.2 Å². The molecule has 0 aliphatic heterocycles. The first-order chi connectivity index (χ1) is 11.7. The normalized spacial score (nSPS) is 12.6. The van der Waals surface area contributed by atoms with Crippen LogP contribution in [-0.2, 0) is 14.3 Å². The van der Waals surface area contributed by atoms with Crippen LogP contribution in [0.3, 0.4) is 0 Å². The number of hydrogen-bond donors (Lipinski definition) is 1. The molecule has 1 amide bonds. The van der Waals surface area contributed by atoms with Gasteiger partial charge in [-0.1, -0.05) is 30.3 Å². The maximum atomic E-state index is 12.1. The molecule has 0 saturated carbocycles. The fraction of sp³-hybridized carbons (Fsp3) is 0.389. The number of carbonyl (C=O) groups excluding carboxylic acids is 2. The van der Waals surface area contributed by atoms with Crippen molar-refractivity contribution in [2.45, 2.75) is 45.3 Å². The number of primary amides is 1. The molecule has 2 rings (SSSR count). The number of esters is 1. The van der Waals surface area contributed by atoms with Crippen LogP contribution in [0, 0.1) is 0 Å². The number of nitrogens with zero attached hydrogens (tertiary/aromatic N) is 1. The van der Waals surface area contributed by atoms with Crippen LogP contribution in [-0.4, -0.2) is 22.0 Å². The van der Waals surface area contributed by atoms with Crippen LogP contribution in [0.4, 0.5) is 0 Å². The first-order valence-corrected chi connectivity index (χ1v) is 7.96. The summed E-state index contributed by atoms with van der Waals surface area (Å²) in [6.45, 7) is 5.26. The standard InChI is InChI=1S/C18H22N2O5/c1-18(2,3)25-15(21)10-9-13(16(19)22)20-11-14(24-17(20)23)12-7-5-4-6-8-12/h4-8,11,13H,9-10H2,1-3H3,(H2,19,22). The van der Waals surface area contributed by atoms with Crippen molar-refractivity contribution in [2.24, 2.45) is 5.73 Å². The summed E-state index contributed by atoms with van der Waals surface area (Å²) in [4.78, 5) is 35.7. The quantitative estimate of drug-likeness (QED) is 0.808. The third-order valence-electron chi connectivity index (χ3n) is 3.43. The number of amides is 1. The molecule has 2 aromatic rings. The van der Waals surface area contributed by atoms with Crippen LogP contribution in [0.2, 0.25) is 0 Å². The fourth-order valence-electron chi connectivity index (χ4n) is 2.37. The Kier molecular flexibility index (Phi) is 5.46. The molecule has 1 aromatic carbocycles. The van der Waals surface area contributed by atoms with Gasteiger partial charge in [-0.25, -0.2) is 4.79 Å². The Morgan fingerprint density at radius 3 is 2.44 bits per heavy atom. The number of rotatable bonds is 6. The average molecular weight is 346 g/mol. The van der Waals surface area contributed by atoms with Crippen molar-refractivity contribution in [1.82, 2.24) is 4.57 Å². The van der Waals surface area contributed by atoms with Gasteiger partial charge in [-0.05, 0) is 27.2 Å². The molecule has 25 heavy (non-hydrogen) atoms. The van der Waals surface area contributed by atoms with E-state index in [9.17, 15) is 14.4 Å². The summed E-state index contributed by atoms with van der Waals surface area (Å²) in [7, 11) is 0. The van der Waals surface area contributed by atoms with E-state index in [1.807, 2.05) is 6.07 Å². The Morgan fingerprint density at radius 2 is 1.88 bits per heavy atom. The van der Waals surface area contributed by atoms with Gasteiger partial charge in [-0.15, -0.1) is 0 Å². The molecule has 0 bridgehead atoms. The highest BCUT2D eigenvalue weighted by Crippen LogP contribution is 2.21. The van der Waals surface area contributed by atoms with E-state index < -0.39 is 29.3 Å². The zero-order chi connectivity index (χ0) is 18.6. The predicted octanol–water partition coefficient (Wildman–Crippen LogP) is 2.26. The van der Waals surface area contributed by atoms with E-state index in [0.29, 0.717) is 11.3 Å². The largest absolute Gasteiger partial charge is 0.460 e. The summed E-state index contributed by atoms with van der Waals surface area (Å²) < 4.78 is 11.5. The second kappa shape index (κ2) is 7.38. The number of carbonyl (C=O) groups is 2. The Labute approximate surface area is 145 Å². The van der Waals surface area contributed by atoms with Gasteiger partial charge >= 0.3 is 11.7 Å². The van der Waals surface area contributed by atoms with Crippen LogP contribution >= 0.6 is 0 Å². The van der Waals surface area contributed by atoms with E-state index in [-0.39, 0.29) is 12.8 Å². The second-order valence-corrected chi connectivity index (χ2v) is 6.68. The smallest absolute Gasteiger partial charge is 0.420 e. The highest BCUT2D eigenvalue weighted by atomic mass is 16.6. The zero-order valence-corrected chi connectivity index (χ0v) is 14.5. The van der Waals surface area contributed by atoms with Gasteiger partial charge in [0.05, 0.1) is 6.20 Å². The van der Waals surface area contributed by atoms with Crippen molar-refractivity contribution < 1.29 is 18.7 Å². The molecule has 1 unspecified atom stereocenters. The van der Waals surface area contributed by atoms with Gasteiger partial charge in [0.15, 0.2) is 5.76 Å². The van der Waals surface area contributed by atoms with Gasteiger partial charge in [0.25, 0.3) is 0 Å². The molecule has 0 radical (unpaired) electrons. The number of oxazole rings is 1. The van der Waals surface area contributed by atoms with E-state index in [4.69, 9.17) is 14.9 Å². The van der Waals surface area contributed by atoms with Gasteiger partial charge in [0.2, 0.25) is 5.91 Å². The molecule has 0 fully saturated rings. The van der Waals surface area contributed by atoms with Crippen LogP contribution in [0.15, 0.2) is 45.7 Å². The summed E-state index contributed by atoms with van der Waals surface area (Å²) >= 11 is 0. The Bertz CT molecular complexity index is 799. The lowest BCUT2D eigenvalue weighted by molar-refractivity contribution is -0.155. The number of benzene rings is 1. The molecule has 2 N–H and O–H groups in total. The molecule has 1 heterocycles. The monoisotopic (exact) mass is 346 g/mol. The third kappa shape index (κ3) is 5.07. The van der Waals surface area contributed by atoms with Crippen molar-refractivity contribution in [3.05, 3.63) is 47.1 Å². The molecule has 0 aliphatic rings. The lowest BCUT2D eigenvalue weighted by Crippen LogP contribution is -2.32. The van der Waals surface area contributed by atoms with Gasteiger partial charge in [0, 0.05) is 12.0 Å². The molecule has 1 aromatic heterocycles. The first kappa shape index (κ1) is 18.5. The zero-order valence-electron chi connectivity index (χ0n) is 14.5. The molecule has 1 atom stereocenters. The first-order valence-electron chi connectivity index (χ1n) is 7.96. The molecular weight excluding hydrogens is 324 g/mol. The van der Waals surface area contributed by atoms with E-state index in [1.54, 1.807) is 45.0 Å². The number of hydrogen-bond acceptors (Lipinski definition) is 5. The third-order valence-corrected chi connectivity index (χ3v) is 3.43. The van der Waals surface area contributed by atoms with Crippen molar-refractivity contribution >= 4 is 11.9 Å². The van der Waals surface area contributed by atoms with Crippen LogP contribution in [0.25, 0.3) is 11.3 Å². The summed E-state index contributed by atoms with van der Waals surface area (Å²) in [6, 6.07) is 8.03. The summed E-state index contributed by atoms with van der Waals surface area (Å²) in [6.07, 6.45) is 1.45. The minimum absolute atomic E-state index is 0.0385. The molecule has 0 aliphatic carbocycles. The predicted molar refractivity (Wildman–Crippen MR) is 91.7 cm³/mol. The fourth-order valence-corrected chi connectivity index (χ4v) is 2.37. The maximum Gasteiger partial charge on any atom is 0.420 e. The van der Waals surface area contributed by atoms with Crippen LogP contribution < -0.4 is 11.5 Å². The molecule has 7 heteroatoms. The van der Waals surface area contributed by atoms with Crippen molar-refractivity contribution in [1.29, 1.82) is 0 Å². The number of ether oxygens (including phenoxy) is 1. The highest BCUT2D eigenvalue weighted by Gasteiger charge is 2.24. The lowest BCUT2D eigenvalue weighted by Gasteiger charge is -2.20. The minimum Gasteiger partial charge on any atom is -0.460 e. The van der Waals surface area contributed by atoms with E-state index in [2.05, 4.69) is 0 Å². The Morgan fingerprint density at radius 1 is 1.24 bits per heavy atom. The average Bonchev–Trinajstić information content (AvgIpc) is 2.88. The van der Waals surface area contributed by atoms with Gasteiger partial charge < -0.3 is 14.9 Å². The van der Waals surface area contributed by atoms with E-state index >= 15 is 0 Å². The van der Waals surface area contributed by atoms with Gasteiger partial charge in [0.1, 0.15) is 11.6 Å². The second-order valence-electron chi connectivity index (χ2n) is 6.68. The summed E-state index contributed by atoms with van der Waals surface area (Å²) in [5.41, 5.74) is 5.49. The summed E-state index contributed by atoms with van der Waals surface area (Å²) in [5.74, 6) is -1.55. The SMILES string of the molecule is CC(C)(C)OC(=O)CCC(C(N)=O)n1cc(-c2ccccc2)oc1=O. The molecule has 134 valence electrons. The maximum absolute atomic E-state index is 12.1. The van der Waals surface area contributed by atoms with Crippen molar-refractivity contribution in [3.8, 4) is 11.3 Å². The summed E-state index contributed by atoms with van der Waals surface area (Å²) in [5, 5.41) is 0. The van der Waals surface area contributed by atoms with Gasteiger partial charge in [-0.2, -0.15) is 0 Å². The number of nitrogens with two attached hydrogens (primary N) is 1. The highest BCUT2D eigenvalue weighted by molar-refractivity contribution is 5.79. The molecular formula is C18H22N2O5. The molecule has 7 nitrogen and oxygen atoms in total. The lowest BCUT2D eigenvalue weighted by atomic mass is 10.1. The van der Waals surface area contributed by atoms with Crippen molar-refractivity contribution in [2.75, 3.05) is 0 Å². The molecule has 0 spiro atoms. The van der Waals surface area contributed by atoms with Crippen molar-refractivity contribution in [3.63, 3.8) is 0 Å². The Balaban J connectivity index is 2.18. The topological polar surface area (TPSA) is 105 Å². The Hall–Kier alpha value is -2.83. The minimum atomic E-state index is -0.985. The van der Waals surface area contributed by atoms with Crippen LogP contribution in [0.1, 0.15) is 39.7 Å². The van der Waals surface area contributed by atoms with Crippen LogP contribution in [0.5, 0.6) is 0 Å². The number of aromatic nitrogens is 1. The van der Waals surface area contributed by atoms with E-state index in [1.165, 1.54) is 6.20 Å². The molecule has 0 saturated heterocycles.